The van der Waals surface area contributed by atoms with Gasteiger partial charge in [0.15, 0.2) is 0 Å². The van der Waals surface area contributed by atoms with Crippen molar-refractivity contribution in [3.05, 3.63) is 24.0 Å². The van der Waals surface area contributed by atoms with Crippen molar-refractivity contribution in [3.8, 4) is 5.75 Å². The number of aryl methyl sites for hydroxylation is 1. The summed E-state index contributed by atoms with van der Waals surface area (Å²) in [5.74, 6) is 3.41. The number of ether oxygens (including phenoxy) is 1. The SMILES string of the molecule is COc1cccc2c1nc(CCl)n2CCCCCSC. The molecule has 0 saturated carbocycles. The minimum Gasteiger partial charge on any atom is -0.494 e. The number of para-hydroxylation sites is 1. The van der Waals surface area contributed by atoms with Gasteiger partial charge in [-0.1, -0.05) is 12.5 Å². The zero-order valence-electron chi connectivity index (χ0n) is 12.1. The standard InChI is InChI=1S/C15H21ClN2OS/c1-19-13-8-6-7-12-15(13)17-14(11-16)18(12)9-4-3-5-10-20-2/h6-8H,3-5,9-11H2,1-2H3. The quantitative estimate of drug-likeness (QED) is 0.536. The number of imidazole rings is 1. The second-order valence-electron chi connectivity index (χ2n) is 4.69. The second-order valence-corrected chi connectivity index (χ2v) is 5.95. The van der Waals surface area contributed by atoms with Gasteiger partial charge in [-0.15, -0.1) is 11.6 Å². The average Bonchev–Trinajstić information content (AvgIpc) is 2.85. The molecule has 0 atom stereocenters. The lowest BCUT2D eigenvalue weighted by molar-refractivity contribution is 0.419. The van der Waals surface area contributed by atoms with Gasteiger partial charge >= 0.3 is 0 Å². The maximum absolute atomic E-state index is 6.03. The molecule has 110 valence electrons. The molecule has 0 amide bonds. The van der Waals surface area contributed by atoms with Crippen LogP contribution in [0.5, 0.6) is 5.75 Å². The number of halogens is 1. The fraction of sp³-hybridized carbons (Fsp3) is 0.533. The average molecular weight is 313 g/mol. The predicted molar refractivity (Wildman–Crippen MR) is 88.1 cm³/mol. The maximum atomic E-state index is 6.03. The lowest BCUT2D eigenvalue weighted by Crippen LogP contribution is -2.02. The summed E-state index contributed by atoms with van der Waals surface area (Å²) < 4.78 is 7.60. The van der Waals surface area contributed by atoms with E-state index in [1.165, 1.54) is 18.6 Å². The second kappa shape index (κ2) is 7.79. The Hall–Kier alpha value is -0.870. The van der Waals surface area contributed by atoms with E-state index in [-0.39, 0.29) is 0 Å². The Kier molecular flexibility index (Phi) is 6.05. The first-order valence-corrected chi connectivity index (χ1v) is 8.81. The molecule has 0 aliphatic rings. The van der Waals surface area contributed by atoms with Gasteiger partial charge in [0, 0.05) is 6.54 Å². The molecule has 0 spiro atoms. The van der Waals surface area contributed by atoms with Crippen LogP contribution in [-0.4, -0.2) is 28.7 Å². The van der Waals surface area contributed by atoms with Gasteiger partial charge in [-0.05, 0) is 37.0 Å². The molecule has 0 fully saturated rings. The topological polar surface area (TPSA) is 27.1 Å². The zero-order chi connectivity index (χ0) is 14.4. The summed E-state index contributed by atoms with van der Waals surface area (Å²) in [6.45, 7) is 0.972. The van der Waals surface area contributed by atoms with Crippen molar-refractivity contribution in [1.82, 2.24) is 9.55 Å². The van der Waals surface area contributed by atoms with Crippen LogP contribution in [0, 0.1) is 0 Å². The number of rotatable bonds is 8. The highest BCUT2D eigenvalue weighted by molar-refractivity contribution is 7.98. The molecule has 2 rings (SSSR count). The molecule has 20 heavy (non-hydrogen) atoms. The van der Waals surface area contributed by atoms with Gasteiger partial charge in [-0.3, -0.25) is 0 Å². The predicted octanol–water partition coefficient (Wildman–Crippen LogP) is 4.32. The summed E-state index contributed by atoms with van der Waals surface area (Å²) in [5, 5.41) is 0. The van der Waals surface area contributed by atoms with Crippen LogP contribution in [0.2, 0.25) is 0 Å². The molecule has 5 heteroatoms. The van der Waals surface area contributed by atoms with Crippen molar-refractivity contribution in [3.63, 3.8) is 0 Å². The molecule has 0 N–H and O–H groups in total. The van der Waals surface area contributed by atoms with Crippen molar-refractivity contribution in [2.24, 2.45) is 0 Å². The van der Waals surface area contributed by atoms with Crippen LogP contribution >= 0.6 is 23.4 Å². The van der Waals surface area contributed by atoms with E-state index >= 15 is 0 Å². The highest BCUT2D eigenvalue weighted by Gasteiger charge is 2.12. The highest BCUT2D eigenvalue weighted by atomic mass is 35.5. The van der Waals surface area contributed by atoms with Crippen LogP contribution < -0.4 is 4.74 Å². The van der Waals surface area contributed by atoms with Gasteiger partial charge < -0.3 is 9.30 Å². The van der Waals surface area contributed by atoms with Gasteiger partial charge in [0.05, 0.1) is 18.5 Å². The molecule has 0 saturated heterocycles. The third-order valence-corrected chi connectivity index (χ3v) is 4.33. The Bertz CT molecular complexity index is 556. The number of methoxy groups -OCH3 is 1. The van der Waals surface area contributed by atoms with Crippen LogP contribution in [0.4, 0.5) is 0 Å². The molecule has 0 radical (unpaired) electrons. The van der Waals surface area contributed by atoms with E-state index < -0.39 is 0 Å². The third kappa shape index (κ3) is 3.41. The molecular weight excluding hydrogens is 292 g/mol. The molecular formula is C15H21ClN2OS. The molecule has 2 aromatic rings. The summed E-state index contributed by atoms with van der Waals surface area (Å²) in [6.07, 6.45) is 5.83. The van der Waals surface area contributed by atoms with E-state index in [2.05, 4.69) is 21.9 Å². The number of fused-ring (bicyclic) bond motifs is 1. The van der Waals surface area contributed by atoms with Gasteiger partial charge in [-0.2, -0.15) is 11.8 Å². The summed E-state index contributed by atoms with van der Waals surface area (Å²) in [4.78, 5) is 4.62. The van der Waals surface area contributed by atoms with E-state index in [1.807, 2.05) is 23.9 Å². The molecule has 1 aromatic carbocycles. The fourth-order valence-electron chi connectivity index (χ4n) is 2.38. The lowest BCUT2D eigenvalue weighted by Gasteiger charge is -2.08. The van der Waals surface area contributed by atoms with Crippen LogP contribution in [0.3, 0.4) is 0 Å². The molecule has 0 aliphatic heterocycles. The number of alkyl halides is 1. The highest BCUT2D eigenvalue weighted by Crippen LogP contribution is 2.26. The van der Waals surface area contributed by atoms with E-state index in [0.29, 0.717) is 5.88 Å². The Morgan fingerprint density at radius 2 is 2.15 bits per heavy atom. The minimum atomic E-state index is 0.433. The fourth-order valence-corrected chi connectivity index (χ4v) is 3.08. The Labute approximate surface area is 129 Å². The van der Waals surface area contributed by atoms with Gasteiger partial charge in [0.1, 0.15) is 17.1 Å². The largest absolute Gasteiger partial charge is 0.494 e. The monoisotopic (exact) mass is 312 g/mol. The van der Waals surface area contributed by atoms with Crippen LogP contribution in [0.1, 0.15) is 25.1 Å². The van der Waals surface area contributed by atoms with Crippen LogP contribution in [0.25, 0.3) is 11.0 Å². The molecule has 0 unspecified atom stereocenters. The van der Waals surface area contributed by atoms with Gasteiger partial charge in [-0.25, -0.2) is 4.98 Å². The van der Waals surface area contributed by atoms with Crippen molar-refractivity contribution < 1.29 is 4.74 Å². The van der Waals surface area contributed by atoms with Crippen molar-refractivity contribution in [2.75, 3.05) is 19.1 Å². The van der Waals surface area contributed by atoms with E-state index in [1.54, 1.807) is 7.11 Å². The smallest absolute Gasteiger partial charge is 0.146 e. The lowest BCUT2D eigenvalue weighted by atomic mass is 10.2. The van der Waals surface area contributed by atoms with Crippen LogP contribution in [-0.2, 0) is 12.4 Å². The normalized spacial score (nSPS) is 11.2. The van der Waals surface area contributed by atoms with Gasteiger partial charge in [0.2, 0.25) is 0 Å². The van der Waals surface area contributed by atoms with Crippen molar-refractivity contribution in [1.29, 1.82) is 0 Å². The van der Waals surface area contributed by atoms with Crippen molar-refractivity contribution in [2.45, 2.75) is 31.7 Å². The number of thioether (sulfide) groups is 1. The number of hydrogen-bond donors (Lipinski definition) is 0. The van der Waals surface area contributed by atoms with E-state index in [0.717, 1.165) is 35.6 Å². The number of aromatic nitrogens is 2. The first-order chi connectivity index (χ1) is 9.81. The first-order valence-electron chi connectivity index (χ1n) is 6.88. The summed E-state index contributed by atoms with van der Waals surface area (Å²) in [5.41, 5.74) is 2.03. The molecule has 3 nitrogen and oxygen atoms in total. The summed E-state index contributed by atoms with van der Waals surface area (Å²) >= 11 is 7.94. The molecule has 0 bridgehead atoms. The van der Waals surface area contributed by atoms with Crippen molar-refractivity contribution >= 4 is 34.4 Å². The summed E-state index contributed by atoms with van der Waals surface area (Å²) in [6, 6.07) is 6.03. The number of unbranched alkanes of at least 4 members (excludes halogenated alkanes) is 2. The summed E-state index contributed by atoms with van der Waals surface area (Å²) in [7, 11) is 1.68. The Morgan fingerprint density at radius 1 is 1.30 bits per heavy atom. The Balaban J connectivity index is 2.18. The van der Waals surface area contributed by atoms with Crippen LogP contribution in [0.15, 0.2) is 18.2 Å². The van der Waals surface area contributed by atoms with Gasteiger partial charge in [0.25, 0.3) is 0 Å². The molecule has 0 aliphatic carbocycles. The number of nitrogens with zero attached hydrogens (tertiary/aromatic N) is 2. The maximum Gasteiger partial charge on any atom is 0.146 e. The third-order valence-electron chi connectivity index (χ3n) is 3.39. The zero-order valence-corrected chi connectivity index (χ0v) is 13.6. The number of hydrogen-bond acceptors (Lipinski definition) is 3. The molecule has 1 heterocycles. The first kappa shape index (κ1) is 15.5. The van der Waals surface area contributed by atoms with E-state index in [4.69, 9.17) is 16.3 Å². The minimum absolute atomic E-state index is 0.433. The molecule has 1 aromatic heterocycles. The Morgan fingerprint density at radius 3 is 2.85 bits per heavy atom. The number of benzene rings is 1. The van der Waals surface area contributed by atoms with E-state index in [9.17, 15) is 0 Å².